The number of hydrogen-bond donors (Lipinski definition) is 2. The largest absolute Gasteiger partial charge is 0.396 e. The Kier molecular flexibility index (Phi) is 6.16. The molecule has 0 saturated heterocycles. The van der Waals surface area contributed by atoms with Crippen LogP contribution in [0.15, 0.2) is 23.1 Å². The molecule has 0 saturated carbocycles. The molecule has 20 heavy (non-hydrogen) atoms. The lowest BCUT2D eigenvalue weighted by molar-refractivity contribution is 0.521. The van der Waals surface area contributed by atoms with Crippen LogP contribution >= 0.6 is 11.8 Å². The molecule has 1 atom stereocenters. The maximum Gasteiger partial charge on any atom is 0.244 e. The fourth-order valence-corrected chi connectivity index (χ4v) is 3.53. The number of para-hydroxylation sites is 1. The minimum absolute atomic E-state index is 0.145. The molecule has 0 amide bonds. The highest BCUT2D eigenvalue weighted by Gasteiger charge is 2.22. The Labute approximate surface area is 126 Å². The molecule has 0 spiro atoms. The predicted molar refractivity (Wildman–Crippen MR) is 87.8 cm³/mol. The van der Waals surface area contributed by atoms with E-state index >= 15 is 0 Å². The molecule has 0 bridgehead atoms. The molecule has 0 radical (unpaired) electrons. The van der Waals surface area contributed by atoms with Gasteiger partial charge in [0.2, 0.25) is 10.0 Å². The number of benzene rings is 1. The number of nitrogen functional groups attached to an aromatic ring is 1. The first kappa shape index (κ1) is 17.1. The maximum atomic E-state index is 12.2. The maximum absolute atomic E-state index is 12.2. The summed E-state index contributed by atoms with van der Waals surface area (Å²) in [7, 11) is -0.527. The Balaban J connectivity index is 3.14. The average Bonchev–Trinajstić information content (AvgIpc) is 2.39. The predicted octanol–water partition coefficient (Wildman–Crippen LogP) is 2.07. The van der Waals surface area contributed by atoms with Gasteiger partial charge in [0.25, 0.3) is 0 Å². The van der Waals surface area contributed by atoms with Gasteiger partial charge in [-0.2, -0.15) is 11.8 Å². The summed E-state index contributed by atoms with van der Waals surface area (Å²) < 4.78 is 25.6. The molecule has 114 valence electrons. The molecule has 7 heteroatoms. The van der Waals surface area contributed by atoms with Gasteiger partial charge in [0.05, 0.1) is 11.4 Å². The second-order valence-corrected chi connectivity index (χ2v) is 7.74. The van der Waals surface area contributed by atoms with E-state index in [2.05, 4.69) is 12.2 Å². The monoisotopic (exact) mass is 317 g/mol. The van der Waals surface area contributed by atoms with Crippen molar-refractivity contribution >= 4 is 33.2 Å². The summed E-state index contributed by atoms with van der Waals surface area (Å²) in [5.74, 6) is 0.945. The molecule has 0 aliphatic rings. The molecule has 1 aromatic rings. The van der Waals surface area contributed by atoms with Crippen molar-refractivity contribution in [1.82, 2.24) is 4.31 Å². The van der Waals surface area contributed by atoms with Gasteiger partial charge in [-0.05, 0) is 24.8 Å². The van der Waals surface area contributed by atoms with Crippen molar-refractivity contribution in [1.29, 1.82) is 0 Å². The van der Waals surface area contributed by atoms with Crippen LogP contribution in [0, 0.1) is 0 Å². The van der Waals surface area contributed by atoms with Crippen LogP contribution in [0.3, 0.4) is 0 Å². The quantitative estimate of drug-likeness (QED) is 0.753. The van der Waals surface area contributed by atoms with Crippen LogP contribution in [0.4, 0.5) is 11.4 Å². The number of nitrogens with one attached hydrogen (secondary N) is 1. The van der Waals surface area contributed by atoms with E-state index in [0.717, 1.165) is 12.2 Å². The minimum Gasteiger partial charge on any atom is -0.396 e. The lowest BCUT2D eigenvalue weighted by atomic mass is 10.2. The summed E-state index contributed by atoms with van der Waals surface area (Å²) in [4.78, 5) is 0.145. The van der Waals surface area contributed by atoms with Gasteiger partial charge >= 0.3 is 0 Å². The van der Waals surface area contributed by atoms with Crippen molar-refractivity contribution in [3.8, 4) is 0 Å². The van der Waals surface area contributed by atoms with E-state index in [1.165, 1.54) is 24.5 Å². The van der Waals surface area contributed by atoms with E-state index in [-0.39, 0.29) is 16.6 Å². The van der Waals surface area contributed by atoms with E-state index in [0.29, 0.717) is 5.69 Å². The molecule has 5 nitrogen and oxygen atoms in total. The normalized spacial score (nSPS) is 13.4. The highest BCUT2D eigenvalue weighted by Crippen LogP contribution is 2.29. The molecular weight excluding hydrogens is 294 g/mol. The van der Waals surface area contributed by atoms with Crippen LogP contribution in [0.25, 0.3) is 0 Å². The van der Waals surface area contributed by atoms with E-state index in [1.807, 2.05) is 12.3 Å². The Hall–Kier alpha value is -0.920. The number of hydrogen-bond acceptors (Lipinski definition) is 5. The summed E-state index contributed by atoms with van der Waals surface area (Å²) in [6, 6.07) is 5.32. The minimum atomic E-state index is -3.52. The highest BCUT2D eigenvalue weighted by molar-refractivity contribution is 7.98. The van der Waals surface area contributed by atoms with Crippen LogP contribution in [-0.4, -0.2) is 44.9 Å². The molecular formula is C13H23N3O2S2. The second kappa shape index (κ2) is 7.19. The zero-order valence-corrected chi connectivity index (χ0v) is 14.0. The highest BCUT2D eigenvalue weighted by atomic mass is 32.2. The number of anilines is 2. The fourth-order valence-electron chi connectivity index (χ4n) is 1.77. The number of thioether (sulfide) groups is 1. The van der Waals surface area contributed by atoms with Gasteiger partial charge in [-0.15, -0.1) is 0 Å². The lowest BCUT2D eigenvalue weighted by Crippen LogP contribution is -2.25. The first-order valence-corrected chi connectivity index (χ1v) is 9.24. The smallest absolute Gasteiger partial charge is 0.244 e. The van der Waals surface area contributed by atoms with Crippen molar-refractivity contribution in [3.63, 3.8) is 0 Å². The van der Waals surface area contributed by atoms with Gasteiger partial charge in [-0.1, -0.05) is 13.0 Å². The van der Waals surface area contributed by atoms with Gasteiger partial charge < -0.3 is 11.1 Å². The molecule has 3 N–H and O–H groups in total. The third-order valence-corrected chi connectivity index (χ3v) is 5.65. The SMILES string of the molecule is CCC(CSC)Nc1cccc(S(=O)(=O)N(C)C)c1N. The van der Waals surface area contributed by atoms with Gasteiger partial charge in [0.15, 0.2) is 0 Å². The molecule has 0 heterocycles. The van der Waals surface area contributed by atoms with Gasteiger partial charge in [-0.3, -0.25) is 0 Å². The molecule has 0 aliphatic heterocycles. The number of nitrogens with two attached hydrogens (primary N) is 1. The van der Waals surface area contributed by atoms with Crippen molar-refractivity contribution < 1.29 is 8.42 Å². The van der Waals surface area contributed by atoms with Crippen LogP contribution in [-0.2, 0) is 10.0 Å². The van der Waals surface area contributed by atoms with Crippen molar-refractivity contribution in [2.75, 3.05) is 37.2 Å². The average molecular weight is 317 g/mol. The van der Waals surface area contributed by atoms with E-state index < -0.39 is 10.0 Å². The molecule has 1 unspecified atom stereocenters. The van der Waals surface area contributed by atoms with Crippen molar-refractivity contribution in [3.05, 3.63) is 18.2 Å². The Bertz CT molecular complexity index is 545. The first-order chi connectivity index (χ1) is 9.34. The Morgan fingerprint density at radius 3 is 2.55 bits per heavy atom. The zero-order valence-electron chi connectivity index (χ0n) is 12.4. The van der Waals surface area contributed by atoms with Gasteiger partial charge in [0.1, 0.15) is 4.90 Å². The van der Waals surface area contributed by atoms with Gasteiger partial charge in [0, 0.05) is 25.9 Å². The zero-order chi connectivity index (χ0) is 15.3. The van der Waals surface area contributed by atoms with Crippen LogP contribution < -0.4 is 11.1 Å². The van der Waals surface area contributed by atoms with Crippen LogP contribution in [0.1, 0.15) is 13.3 Å². The van der Waals surface area contributed by atoms with Crippen LogP contribution in [0.2, 0.25) is 0 Å². The number of sulfonamides is 1. The third kappa shape index (κ3) is 3.80. The molecule has 0 aromatic heterocycles. The summed E-state index contributed by atoms with van der Waals surface area (Å²) in [5.41, 5.74) is 6.98. The Morgan fingerprint density at radius 2 is 2.05 bits per heavy atom. The molecule has 1 aromatic carbocycles. The standard InChI is InChI=1S/C13H23N3O2S2/c1-5-10(9-19-4)15-11-7-6-8-12(13(11)14)20(17,18)16(2)3/h6-8,10,15H,5,9,14H2,1-4H3. The summed E-state index contributed by atoms with van der Waals surface area (Å²) in [6.07, 6.45) is 2.99. The topological polar surface area (TPSA) is 75.4 Å². The summed E-state index contributed by atoms with van der Waals surface area (Å²) in [5, 5.41) is 3.32. The van der Waals surface area contributed by atoms with Crippen LogP contribution in [0.5, 0.6) is 0 Å². The Morgan fingerprint density at radius 1 is 1.40 bits per heavy atom. The van der Waals surface area contributed by atoms with E-state index in [4.69, 9.17) is 5.73 Å². The van der Waals surface area contributed by atoms with E-state index in [1.54, 1.807) is 17.8 Å². The molecule has 0 fully saturated rings. The first-order valence-electron chi connectivity index (χ1n) is 6.41. The molecule has 0 aliphatic carbocycles. The van der Waals surface area contributed by atoms with Gasteiger partial charge in [-0.25, -0.2) is 12.7 Å². The molecule has 1 rings (SSSR count). The fraction of sp³-hybridized carbons (Fsp3) is 0.538. The van der Waals surface area contributed by atoms with Crippen molar-refractivity contribution in [2.24, 2.45) is 0 Å². The van der Waals surface area contributed by atoms with E-state index in [9.17, 15) is 8.42 Å². The van der Waals surface area contributed by atoms with Crippen molar-refractivity contribution in [2.45, 2.75) is 24.3 Å². The summed E-state index contributed by atoms with van der Waals surface area (Å²) in [6.45, 7) is 2.09. The summed E-state index contributed by atoms with van der Waals surface area (Å²) >= 11 is 1.74. The number of nitrogens with zero attached hydrogens (tertiary/aromatic N) is 1. The number of rotatable bonds is 7. The second-order valence-electron chi connectivity index (χ2n) is 4.71. The lowest BCUT2D eigenvalue weighted by Gasteiger charge is -2.20. The third-order valence-electron chi connectivity index (χ3n) is 3.05.